The van der Waals surface area contributed by atoms with Crippen molar-refractivity contribution in [3.05, 3.63) is 0 Å². The normalized spacial score (nSPS) is 40.2. The van der Waals surface area contributed by atoms with Crippen molar-refractivity contribution in [2.45, 2.75) is 57.0 Å². The summed E-state index contributed by atoms with van der Waals surface area (Å²) in [6.45, 7) is 11.8. The van der Waals surface area contributed by atoms with Crippen molar-refractivity contribution < 1.29 is 23.7 Å². The molecule has 0 aromatic heterocycles. The standard InChI is InChI=1S/C16H27NO5/c1-5-12(19-8-16(4)11-22-16)13(18)17(6-14(2)9-20-14)7-15(3)10-21-15/h12H,5-11H2,1-4H3. The van der Waals surface area contributed by atoms with Crippen molar-refractivity contribution in [2.24, 2.45) is 0 Å². The monoisotopic (exact) mass is 313 g/mol. The van der Waals surface area contributed by atoms with Gasteiger partial charge in [-0.3, -0.25) is 4.79 Å². The molecule has 126 valence electrons. The Bertz CT molecular complexity index is 420. The molecule has 3 fully saturated rings. The quantitative estimate of drug-likeness (QED) is 0.594. The fourth-order valence-electron chi connectivity index (χ4n) is 2.50. The van der Waals surface area contributed by atoms with Gasteiger partial charge in [-0.2, -0.15) is 0 Å². The Hall–Kier alpha value is -0.690. The summed E-state index contributed by atoms with van der Waals surface area (Å²) in [5, 5.41) is 0. The Morgan fingerprint density at radius 2 is 1.50 bits per heavy atom. The van der Waals surface area contributed by atoms with Crippen LogP contribution in [0.25, 0.3) is 0 Å². The van der Waals surface area contributed by atoms with Gasteiger partial charge in [-0.25, -0.2) is 0 Å². The van der Waals surface area contributed by atoms with Crippen LogP contribution < -0.4 is 0 Å². The first-order valence-electron chi connectivity index (χ1n) is 8.09. The third kappa shape index (κ3) is 3.98. The van der Waals surface area contributed by atoms with Crippen molar-refractivity contribution in [3.63, 3.8) is 0 Å². The lowest BCUT2D eigenvalue weighted by atomic mass is 10.1. The van der Waals surface area contributed by atoms with Crippen LogP contribution in [0.1, 0.15) is 34.1 Å². The maximum absolute atomic E-state index is 12.9. The van der Waals surface area contributed by atoms with Crippen LogP contribution in [0.2, 0.25) is 0 Å². The van der Waals surface area contributed by atoms with Crippen LogP contribution in [0.15, 0.2) is 0 Å². The van der Waals surface area contributed by atoms with E-state index in [1.54, 1.807) is 0 Å². The zero-order chi connectivity index (χ0) is 16.0. The highest BCUT2D eigenvalue weighted by Gasteiger charge is 2.48. The van der Waals surface area contributed by atoms with E-state index in [-0.39, 0.29) is 22.7 Å². The molecule has 0 N–H and O–H groups in total. The second-order valence-corrected chi connectivity index (χ2v) is 7.62. The molecule has 6 nitrogen and oxygen atoms in total. The van der Waals surface area contributed by atoms with Gasteiger partial charge in [-0.1, -0.05) is 6.92 Å². The predicted molar refractivity (Wildman–Crippen MR) is 79.7 cm³/mol. The Labute approximate surface area is 132 Å². The Kier molecular flexibility index (Phi) is 4.00. The van der Waals surface area contributed by atoms with Crippen molar-refractivity contribution in [3.8, 4) is 0 Å². The molecule has 3 aliphatic rings. The van der Waals surface area contributed by atoms with E-state index in [1.165, 1.54) is 0 Å². The fourth-order valence-corrected chi connectivity index (χ4v) is 2.50. The first-order valence-corrected chi connectivity index (χ1v) is 8.09. The third-order valence-electron chi connectivity index (χ3n) is 4.51. The molecular weight excluding hydrogens is 286 g/mol. The molecule has 3 aliphatic heterocycles. The predicted octanol–water partition coefficient (Wildman–Crippen LogP) is 0.977. The Morgan fingerprint density at radius 1 is 1.05 bits per heavy atom. The van der Waals surface area contributed by atoms with Crippen LogP contribution in [0.4, 0.5) is 0 Å². The summed E-state index contributed by atoms with van der Waals surface area (Å²) in [7, 11) is 0. The molecule has 3 rings (SSSR count). The topological polar surface area (TPSA) is 67.1 Å². The smallest absolute Gasteiger partial charge is 0.251 e. The van der Waals surface area contributed by atoms with Gasteiger partial charge in [-0.15, -0.1) is 0 Å². The zero-order valence-corrected chi connectivity index (χ0v) is 14.0. The number of carbonyl (C=O) groups is 1. The highest BCUT2D eigenvalue weighted by atomic mass is 16.6. The van der Waals surface area contributed by atoms with Crippen molar-refractivity contribution >= 4 is 5.91 Å². The van der Waals surface area contributed by atoms with Crippen molar-refractivity contribution in [2.75, 3.05) is 39.5 Å². The zero-order valence-electron chi connectivity index (χ0n) is 14.0. The van der Waals surface area contributed by atoms with Crippen LogP contribution in [-0.4, -0.2) is 73.2 Å². The summed E-state index contributed by atoms with van der Waals surface area (Å²) in [5.41, 5.74) is -0.606. The SMILES string of the molecule is CCC(OCC1(C)CO1)C(=O)N(CC1(C)CO1)CC1(C)CO1. The van der Waals surface area contributed by atoms with Gasteiger partial charge in [0.25, 0.3) is 5.91 Å². The van der Waals surface area contributed by atoms with E-state index in [2.05, 4.69) is 0 Å². The molecule has 3 saturated heterocycles. The van der Waals surface area contributed by atoms with Crippen LogP contribution in [0, 0.1) is 0 Å². The largest absolute Gasteiger partial charge is 0.368 e. The number of hydrogen-bond acceptors (Lipinski definition) is 5. The Balaban J connectivity index is 1.60. The number of epoxide rings is 3. The van der Waals surface area contributed by atoms with Crippen molar-refractivity contribution in [1.29, 1.82) is 0 Å². The molecule has 0 aromatic carbocycles. The van der Waals surface area contributed by atoms with Gasteiger partial charge in [0.05, 0.1) is 39.5 Å². The van der Waals surface area contributed by atoms with E-state index in [0.717, 1.165) is 0 Å². The number of carbonyl (C=O) groups excluding carboxylic acids is 1. The lowest BCUT2D eigenvalue weighted by molar-refractivity contribution is -0.146. The average Bonchev–Trinajstić information content (AvgIpc) is 3.38. The van der Waals surface area contributed by atoms with Crippen LogP contribution in [-0.2, 0) is 23.7 Å². The van der Waals surface area contributed by atoms with E-state index in [4.69, 9.17) is 18.9 Å². The van der Waals surface area contributed by atoms with Gasteiger partial charge in [0.2, 0.25) is 0 Å². The highest BCUT2D eigenvalue weighted by molar-refractivity contribution is 5.81. The molecule has 0 saturated carbocycles. The molecular formula is C16H27NO5. The van der Waals surface area contributed by atoms with E-state index >= 15 is 0 Å². The van der Waals surface area contributed by atoms with Crippen LogP contribution >= 0.6 is 0 Å². The molecule has 0 spiro atoms. The summed E-state index contributed by atoms with van der Waals surface area (Å²) < 4.78 is 22.1. The summed E-state index contributed by atoms with van der Waals surface area (Å²) in [6.07, 6.45) is 0.228. The van der Waals surface area contributed by atoms with E-state index in [0.29, 0.717) is 45.9 Å². The van der Waals surface area contributed by atoms with Crippen LogP contribution in [0.5, 0.6) is 0 Å². The summed E-state index contributed by atoms with van der Waals surface area (Å²) in [6, 6.07) is 0. The number of hydrogen-bond donors (Lipinski definition) is 0. The van der Waals surface area contributed by atoms with Crippen molar-refractivity contribution in [1.82, 2.24) is 4.90 Å². The number of ether oxygens (including phenoxy) is 4. The summed E-state index contributed by atoms with van der Waals surface area (Å²) >= 11 is 0. The van der Waals surface area contributed by atoms with Crippen LogP contribution in [0.3, 0.4) is 0 Å². The minimum Gasteiger partial charge on any atom is -0.368 e. The summed E-state index contributed by atoms with van der Waals surface area (Å²) in [5.74, 6) is 0.0280. The first-order chi connectivity index (χ1) is 10.3. The Morgan fingerprint density at radius 3 is 1.86 bits per heavy atom. The van der Waals surface area contributed by atoms with E-state index in [1.807, 2.05) is 32.6 Å². The van der Waals surface area contributed by atoms with Gasteiger partial charge in [0, 0.05) is 0 Å². The number of nitrogens with zero attached hydrogens (tertiary/aromatic N) is 1. The molecule has 0 bridgehead atoms. The fraction of sp³-hybridized carbons (Fsp3) is 0.938. The number of amides is 1. The number of rotatable bonds is 9. The molecule has 4 unspecified atom stereocenters. The lowest BCUT2D eigenvalue weighted by Crippen LogP contribution is -2.48. The minimum atomic E-state index is -0.425. The molecule has 0 aliphatic carbocycles. The highest BCUT2D eigenvalue weighted by Crippen LogP contribution is 2.32. The summed E-state index contributed by atoms with van der Waals surface area (Å²) in [4.78, 5) is 14.7. The van der Waals surface area contributed by atoms with Gasteiger partial charge < -0.3 is 23.8 Å². The second-order valence-electron chi connectivity index (χ2n) is 7.62. The molecule has 0 aromatic rings. The third-order valence-corrected chi connectivity index (χ3v) is 4.51. The lowest BCUT2D eigenvalue weighted by Gasteiger charge is -2.30. The molecule has 4 atom stereocenters. The molecule has 22 heavy (non-hydrogen) atoms. The van der Waals surface area contributed by atoms with E-state index < -0.39 is 6.10 Å². The van der Waals surface area contributed by atoms with Gasteiger partial charge >= 0.3 is 0 Å². The van der Waals surface area contributed by atoms with Gasteiger partial charge in [-0.05, 0) is 27.2 Å². The minimum absolute atomic E-state index is 0.0280. The maximum atomic E-state index is 12.9. The maximum Gasteiger partial charge on any atom is 0.251 e. The second kappa shape index (κ2) is 5.44. The van der Waals surface area contributed by atoms with E-state index in [9.17, 15) is 4.79 Å². The first kappa shape index (κ1) is 16.2. The average molecular weight is 313 g/mol. The molecule has 6 heteroatoms. The van der Waals surface area contributed by atoms with Gasteiger partial charge in [0.1, 0.15) is 22.9 Å². The molecule has 3 heterocycles. The molecule has 0 radical (unpaired) electrons. The molecule has 1 amide bonds. The van der Waals surface area contributed by atoms with Gasteiger partial charge in [0.15, 0.2) is 0 Å².